The van der Waals surface area contributed by atoms with E-state index in [0.29, 0.717) is 16.7 Å². The summed E-state index contributed by atoms with van der Waals surface area (Å²) in [4.78, 5) is 28.8. The van der Waals surface area contributed by atoms with Crippen molar-refractivity contribution in [2.75, 3.05) is 0 Å². The predicted octanol–water partition coefficient (Wildman–Crippen LogP) is 5.49. The van der Waals surface area contributed by atoms with Gasteiger partial charge in [0, 0.05) is 34.3 Å². The van der Waals surface area contributed by atoms with Crippen LogP contribution >= 0.6 is 0 Å². The number of fused-ring (bicyclic) bond motifs is 1. The lowest BCUT2D eigenvalue weighted by molar-refractivity contribution is -0.141. The molecule has 30 heavy (non-hydrogen) atoms. The van der Waals surface area contributed by atoms with Gasteiger partial charge in [-0.25, -0.2) is 9.18 Å². The van der Waals surface area contributed by atoms with Crippen LogP contribution in [-0.4, -0.2) is 16.7 Å². The van der Waals surface area contributed by atoms with Gasteiger partial charge in [-0.05, 0) is 29.8 Å². The van der Waals surface area contributed by atoms with Crippen molar-refractivity contribution in [3.05, 3.63) is 114 Å². The Kier molecular flexibility index (Phi) is 5.52. The smallest absolute Gasteiger partial charge is 0.331 e. The number of carbonyl (C=O) groups is 2. The van der Waals surface area contributed by atoms with Crippen LogP contribution in [0.3, 0.4) is 0 Å². The van der Waals surface area contributed by atoms with Crippen molar-refractivity contribution in [2.45, 2.75) is 6.10 Å². The van der Waals surface area contributed by atoms with Gasteiger partial charge in [-0.15, -0.1) is 0 Å². The highest BCUT2D eigenvalue weighted by atomic mass is 19.1. The van der Waals surface area contributed by atoms with Crippen molar-refractivity contribution < 1.29 is 18.7 Å². The third-order valence-electron chi connectivity index (χ3n) is 4.71. The van der Waals surface area contributed by atoms with E-state index in [0.717, 1.165) is 10.9 Å². The molecule has 1 N–H and O–H groups in total. The van der Waals surface area contributed by atoms with Crippen molar-refractivity contribution in [1.29, 1.82) is 0 Å². The van der Waals surface area contributed by atoms with Gasteiger partial charge < -0.3 is 9.72 Å². The highest BCUT2D eigenvalue weighted by molar-refractivity contribution is 6.10. The zero-order valence-corrected chi connectivity index (χ0v) is 15.9. The Labute approximate surface area is 172 Å². The van der Waals surface area contributed by atoms with E-state index in [4.69, 9.17) is 4.74 Å². The number of nitrogens with one attached hydrogen (secondary N) is 1. The molecule has 1 unspecified atom stereocenters. The normalized spacial score (nSPS) is 12.2. The van der Waals surface area contributed by atoms with E-state index in [2.05, 4.69) is 4.98 Å². The molecule has 148 valence electrons. The highest BCUT2D eigenvalue weighted by Gasteiger charge is 2.27. The highest BCUT2D eigenvalue weighted by Crippen LogP contribution is 2.27. The minimum atomic E-state index is -1.09. The summed E-state index contributed by atoms with van der Waals surface area (Å²) in [5, 5.41) is 0.765. The first-order chi connectivity index (χ1) is 14.6. The Morgan fingerprint density at radius 1 is 0.900 bits per heavy atom. The molecule has 0 amide bonds. The van der Waals surface area contributed by atoms with Crippen LogP contribution in [0, 0.1) is 5.82 Å². The number of esters is 1. The molecular weight excluding hydrogens is 381 g/mol. The summed E-state index contributed by atoms with van der Waals surface area (Å²) in [5.74, 6) is -1.34. The zero-order valence-electron chi connectivity index (χ0n) is 15.9. The van der Waals surface area contributed by atoms with Crippen LogP contribution in [0.15, 0.2) is 91.1 Å². The summed E-state index contributed by atoms with van der Waals surface area (Å²) in [6.07, 6.45) is 3.28. The second-order valence-electron chi connectivity index (χ2n) is 6.72. The number of para-hydroxylation sites is 1. The van der Waals surface area contributed by atoms with Gasteiger partial charge in [-0.1, -0.05) is 60.7 Å². The molecule has 0 aliphatic carbocycles. The van der Waals surface area contributed by atoms with Gasteiger partial charge in [-0.3, -0.25) is 4.79 Å². The summed E-state index contributed by atoms with van der Waals surface area (Å²) in [7, 11) is 0. The maximum atomic E-state index is 13.3. The van der Waals surface area contributed by atoms with Gasteiger partial charge in [-0.2, -0.15) is 0 Å². The van der Waals surface area contributed by atoms with Crippen LogP contribution in [0.5, 0.6) is 0 Å². The molecule has 1 aromatic heterocycles. The Morgan fingerprint density at radius 3 is 2.37 bits per heavy atom. The van der Waals surface area contributed by atoms with Gasteiger partial charge >= 0.3 is 5.97 Å². The lowest BCUT2D eigenvalue weighted by Gasteiger charge is -2.16. The molecule has 1 atom stereocenters. The summed E-state index contributed by atoms with van der Waals surface area (Å²) >= 11 is 0. The Morgan fingerprint density at radius 2 is 1.60 bits per heavy atom. The molecule has 3 aromatic carbocycles. The molecule has 0 aliphatic heterocycles. The molecule has 0 spiro atoms. The van der Waals surface area contributed by atoms with E-state index in [1.54, 1.807) is 42.6 Å². The van der Waals surface area contributed by atoms with Crippen LogP contribution in [0.25, 0.3) is 17.0 Å². The third kappa shape index (κ3) is 4.20. The molecule has 4 nitrogen and oxygen atoms in total. The summed E-state index contributed by atoms with van der Waals surface area (Å²) in [5.41, 5.74) is 2.51. The van der Waals surface area contributed by atoms with E-state index in [1.165, 1.54) is 24.3 Å². The first-order valence-corrected chi connectivity index (χ1v) is 9.41. The van der Waals surface area contributed by atoms with Crippen molar-refractivity contribution in [1.82, 2.24) is 4.98 Å². The van der Waals surface area contributed by atoms with Crippen LogP contribution in [-0.2, 0) is 9.53 Å². The van der Waals surface area contributed by atoms with E-state index in [-0.39, 0.29) is 11.6 Å². The largest absolute Gasteiger partial charge is 0.446 e. The third-order valence-corrected chi connectivity index (χ3v) is 4.71. The van der Waals surface area contributed by atoms with Gasteiger partial charge in [0.1, 0.15) is 5.82 Å². The van der Waals surface area contributed by atoms with Crippen LogP contribution < -0.4 is 0 Å². The average molecular weight is 399 g/mol. The minimum absolute atomic E-state index is 0.317. The molecule has 0 fully saturated rings. The fourth-order valence-corrected chi connectivity index (χ4v) is 3.21. The lowest BCUT2D eigenvalue weighted by atomic mass is 9.99. The van der Waals surface area contributed by atoms with Gasteiger partial charge in [0.25, 0.3) is 0 Å². The number of benzene rings is 3. The zero-order chi connectivity index (χ0) is 20.9. The molecule has 0 saturated heterocycles. The SMILES string of the molecule is O=C(C=Cc1ccc(F)cc1)OC(C(=O)c1c[nH]c2ccccc12)c1ccccc1. The molecule has 1 heterocycles. The van der Waals surface area contributed by atoms with Crippen molar-refractivity contribution >= 4 is 28.7 Å². The molecule has 4 aromatic rings. The number of carbonyl (C=O) groups excluding carboxylic acids is 2. The molecule has 0 bridgehead atoms. The van der Waals surface area contributed by atoms with E-state index >= 15 is 0 Å². The number of ether oxygens (including phenoxy) is 1. The maximum Gasteiger partial charge on any atom is 0.331 e. The second-order valence-corrected chi connectivity index (χ2v) is 6.72. The fourth-order valence-electron chi connectivity index (χ4n) is 3.21. The summed E-state index contributed by atoms with van der Waals surface area (Å²) in [6, 6.07) is 22.0. The van der Waals surface area contributed by atoms with E-state index in [1.807, 2.05) is 30.3 Å². The van der Waals surface area contributed by atoms with Crippen molar-refractivity contribution in [3.63, 3.8) is 0 Å². The number of ketones is 1. The van der Waals surface area contributed by atoms with Gasteiger partial charge in [0.05, 0.1) is 0 Å². The number of hydrogen-bond donors (Lipinski definition) is 1. The summed E-state index contributed by atoms with van der Waals surface area (Å²) in [6.45, 7) is 0. The fraction of sp³-hybridized carbons (Fsp3) is 0.0400. The maximum absolute atomic E-state index is 13.3. The van der Waals surface area contributed by atoms with Crippen LogP contribution in [0.2, 0.25) is 0 Å². The molecule has 5 heteroatoms. The number of hydrogen-bond acceptors (Lipinski definition) is 3. The van der Waals surface area contributed by atoms with Crippen LogP contribution in [0.1, 0.15) is 27.6 Å². The van der Waals surface area contributed by atoms with Crippen LogP contribution in [0.4, 0.5) is 4.39 Å². The monoisotopic (exact) mass is 399 g/mol. The molecule has 0 saturated carbocycles. The summed E-state index contributed by atoms with van der Waals surface area (Å²) < 4.78 is 18.6. The number of Topliss-reactive ketones (excluding diaryl/α,β-unsaturated/α-hetero) is 1. The Bertz CT molecular complexity index is 1210. The van der Waals surface area contributed by atoms with Crippen molar-refractivity contribution in [3.8, 4) is 0 Å². The number of H-pyrrole nitrogens is 1. The molecular formula is C25H18FNO3. The average Bonchev–Trinajstić information content (AvgIpc) is 3.21. The van der Waals surface area contributed by atoms with E-state index in [9.17, 15) is 14.0 Å². The van der Waals surface area contributed by atoms with Gasteiger partial charge in [0.15, 0.2) is 6.10 Å². The first kappa shape index (κ1) is 19.3. The number of aromatic nitrogens is 1. The van der Waals surface area contributed by atoms with Crippen molar-refractivity contribution in [2.24, 2.45) is 0 Å². The first-order valence-electron chi connectivity index (χ1n) is 9.41. The Hall–Kier alpha value is -3.99. The Balaban J connectivity index is 1.61. The number of aromatic amines is 1. The quantitative estimate of drug-likeness (QED) is 0.265. The molecule has 0 radical (unpaired) electrons. The standard InChI is InChI=1S/C25H18FNO3/c26-19-13-10-17(11-14-19)12-15-23(28)30-25(18-6-2-1-3-7-18)24(29)21-16-27-22-9-5-4-8-20(21)22/h1-16,25,27H. The van der Waals surface area contributed by atoms with Gasteiger partial charge in [0.2, 0.25) is 5.78 Å². The topological polar surface area (TPSA) is 59.2 Å². The number of rotatable bonds is 6. The number of halogens is 1. The predicted molar refractivity (Wildman–Crippen MR) is 113 cm³/mol. The molecule has 4 rings (SSSR count). The second kappa shape index (κ2) is 8.57. The lowest BCUT2D eigenvalue weighted by Crippen LogP contribution is -2.19. The van der Waals surface area contributed by atoms with E-state index < -0.39 is 12.1 Å². The molecule has 0 aliphatic rings. The minimum Gasteiger partial charge on any atom is -0.446 e.